The second-order valence-corrected chi connectivity index (χ2v) is 7.49. The molecular formula is C19H16ClNO2S2. The highest BCUT2D eigenvalue weighted by Gasteiger charge is 2.30. The number of carbonyl (C=O) groups is 1. The summed E-state index contributed by atoms with van der Waals surface area (Å²) >= 11 is 12.7. The van der Waals surface area contributed by atoms with E-state index in [-0.39, 0.29) is 5.91 Å². The summed E-state index contributed by atoms with van der Waals surface area (Å²) in [7, 11) is 0. The Balaban J connectivity index is 1.86. The van der Waals surface area contributed by atoms with Gasteiger partial charge in [0, 0.05) is 17.1 Å². The monoisotopic (exact) mass is 389 g/mol. The Bertz CT molecular complexity index is 837. The molecule has 2 aromatic carbocycles. The summed E-state index contributed by atoms with van der Waals surface area (Å²) < 4.78 is 6.51. The fraction of sp³-hybridized carbons (Fsp3) is 0.158. The van der Waals surface area contributed by atoms with Crippen LogP contribution >= 0.6 is 35.6 Å². The summed E-state index contributed by atoms with van der Waals surface area (Å²) in [5, 5.41) is 0.587. The van der Waals surface area contributed by atoms with E-state index in [2.05, 4.69) is 0 Å². The molecule has 1 fully saturated rings. The first-order valence-corrected chi connectivity index (χ1v) is 9.40. The van der Waals surface area contributed by atoms with Crippen LogP contribution in [0.25, 0.3) is 6.08 Å². The van der Waals surface area contributed by atoms with Crippen LogP contribution < -0.4 is 4.74 Å². The van der Waals surface area contributed by atoms with E-state index in [0.717, 1.165) is 11.1 Å². The lowest BCUT2D eigenvalue weighted by molar-refractivity contribution is -0.121. The van der Waals surface area contributed by atoms with Gasteiger partial charge in [0.2, 0.25) is 0 Å². The van der Waals surface area contributed by atoms with Gasteiger partial charge in [-0.05, 0) is 36.8 Å². The van der Waals surface area contributed by atoms with Crippen LogP contribution in [0.3, 0.4) is 0 Å². The van der Waals surface area contributed by atoms with Gasteiger partial charge in [0.1, 0.15) is 16.7 Å². The van der Waals surface area contributed by atoms with Gasteiger partial charge in [-0.15, -0.1) is 0 Å². The molecule has 0 aromatic heterocycles. The topological polar surface area (TPSA) is 29.5 Å². The van der Waals surface area contributed by atoms with Gasteiger partial charge in [-0.25, -0.2) is 0 Å². The standard InChI is InChI=1S/C19H16ClNO2S2/c1-2-21-18(22)17(25-19(21)24)11-14-10-15(20)8-9-16(14)23-12-13-6-4-3-5-7-13/h3-11H,2,12H2,1H3. The number of amides is 1. The van der Waals surface area contributed by atoms with Gasteiger partial charge in [0.15, 0.2) is 0 Å². The predicted octanol–water partition coefficient (Wildman–Crippen LogP) is 5.14. The first-order valence-electron chi connectivity index (χ1n) is 7.80. The average Bonchev–Trinajstić information content (AvgIpc) is 2.88. The molecule has 25 heavy (non-hydrogen) atoms. The molecule has 0 saturated carbocycles. The molecule has 0 N–H and O–H groups in total. The lowest BCUT2D eigenvalue weighted by atomic mass is 10.1. The van der Waals surface area contributed by atoms with Crippen molar-refractivity contribution in [1.29, 1.82) is 0 Å². The van der Waals surface area contributed by atoms with E-state index in [1.54, 1.807) is 23.1 Å². The van der Waals surface area contributed by atoms with Gasteiger partial charge >= 0.3 is 0 Å². The van der Waals surface area contributed by atoms with Gasteiger partial charge in [-0.3, -0.25) is 9.69 Å². The zero-order valence-electron chi connectivity index (χ0n) is 13.6. The molecule has 1 heterocycles. The Hall–Kier alpha value is -1.82. The Morgan fingerprint density at radius 2 is 2.00 bits per heavy atom. The summed E-state index contributed by atoms with van der Waals surface area (Å²) in [5.41, 5.74) is 1.83. The van der Waals surface area contributed by atoms with Gasteiger partial charge in [-0.2, -0.15) is 0 Å². The lowest BCUT2D eigenvalue weighted by Crippen LogP contribution is -2.27. The highest BCUT2D eigenvalue weighted by Crippen LogP contribution is 2.35. The second kappa shape index (κ2) is 8.04. The first-order chi connectivity index (χ1) is 12.1. The summed E-state index contributed by atoms with van der Waals surface area (Å²) in [6.07, 6.45) is 1.79. The fourth-order valence-electron chi connectivity index (χ4n) is 2.41. The largest absolute Gasteiger partial charge is 0.488 e. The SMILES string of the molecule is CCN1C(=O)C(=Cc2cc(Cl)ccc2OCc2ccccc2)SC1=S. The van der Waals surface area contributed by atoms with E-state index in [4.69, 9.17) is 28.6 Å². The summed E-state index contributed by atoms with van der Waals surface area (Å²) in [4.78, 5) is 14.6. The van der Waals surface area contributed by atoms with Crippen molar-refractivity contribution < 1.29 is 9.53 Å². The first kappa shape index (κ1) is 18.0. The van der Waals surface area contributed by atoms with Gasteiger partial charge in [0.25, 0.3) is 5.91 Å². The van der Waals surface area contributed by atoms with Crippen LogP contribution in [-0.2, 0) is 11.4 Å². The number of likely N-dealkylation sites (N-methyl/N-ethyl adjacent to an activating group) is 1. The summed E-state index contributed by atoms with van der Waals surface area (Å²) in [5.74, 6) is 0.599. The van der Waals surface area contributed by atoms with Crippen molar-refractivity contribution in [2.75, 3.05) is 6.54 Å². The van der Waals surface area contributed by atoms with E-state index >= 15 is 0 Å². The van der Waals surface area contributed by atoms with Crippen LogP contribution in [0, 0.1) is 0 Å². The fourth-order valence-corrected chi connectivity index (χ4v) is 3.97. The van der Waals surface area contributed by atoms with E-state index in [0.29, 0.717) is 33.1 Å². The maximum atomic E-state index is 12.4. The third-order valence-corrected chi connectivity index (χ3v) is 5.30. The van der Waals surface area contributed by atoms with E-state index in [1.165, 1.54) is 11.8 Å². The van der Waals surface area contributed by atoms with Crippen LogP contribution in [0.5, 0.6) is 5.75 Å². The third kappa shape index (κ3) is 4.24. The number of thiocarbonyl (C=S) groups is 1. The highest BCUT2D eigenvalue weighted by molar-refractivity contribution is 8.26. The number of rotatable bonds is 5. The second-order valence-electron chi connectivity index (χ2n) is 5.38. The van der Waals surface area contributed by atoms with E-state index in [9.17, 15) is 4.79 Å². The number of benzene rings is 2. The van der Waals surface area contributed by atoms with E-state index < -0.39 is 0 Å². The number of ether oxygens (including phenoxy) is 1. The van der Waals surface area contributed by atoms with Gasteiger partial charge < -0.3 is 4.74 Å². The number of hydrogen-bond acceptors (Lipinski definition) is 4. The summed E-state index contributed by atoms with van der Waals surface area (Å²) in [6.45, 7) is 2.91. The van der Waals surface area contributed by atoms with Crippen molar-refractivity contribution in [3.63, 3.8) is 0 Å². The molecule has 3 nitrogen and oxygen atoms in total. The number of hydrogen-bond donors (Lipinski definition) is 0. The minimum Gasteiger partial charge on any atom is -0.488 e. The Labute approximate surface area is 161 Å². The van der Waals surface area contributed by atoms with Crippen LogP contribution in [0.2, 0.25) is 5.02 Å². The molecule has 1 aliphatic heterocycles. The predicted molar refractivity (Wildman–Crippen MR) is 108 cm³/mol. The van der Waals surface area contributed by atoms with Crippen molar-refractivity contribution in [1.82, 2.24) is 4.90 Å². The molecule has 128 valence electrons. The lowest BCUT2D eigenvalue weighted by Gasteiger charge is -2.11. The van der Waals surface area contributed by atoms with Crippen molar-refractivity contribution in [3.8, 4) is 5.75 Å². The molecule has 0 unspecified atom stereocenters. The molecule has 1 aliphatic rings. The number of thioether (sulfide) groups is 1. The zero-order chi connectivity index (χ0) is 17.8. The zero-order valence-corrected chi connectivity index (χ0v) is 16.0. The highest BCUT2D eigenvalue weighted by atomic mass is 35.5. The average molecular weight is 390 g/mol. The Kier molecular flexibility index (Phi) is 5.78. The van der Waals surface area contributed by atoms with Crippen LogP contribution in [0.1, 0.15) is 18.1 Å². The minimum absolute atomic E-state index is 0.0773. The molecule has 0 atom stereocenters. The normalized spacial score (nSPS) is 15.9. The molecule has 0 aliphatic carbocycles. The molecule has 0 radical (unpaired) electrons. The van der Waals surface area contributed by atoms with Crippen molar-refractivity contribution in [3.05, 3.63) is 69.6 Å². The molecule has 1 saturated heterocycles. The molecule has 6 heteroatoms. The van der Waals surface area contributed by atoms with Crippen molar-refractivity contribution >= 4 is 51.9 Å². The molecule has 3 rings (SSSR count). The van der Waals surface area contributed by atoms with Gasteiger partial charge in [0.05, 0.1) is 4.91 Å². The smallest absolute Gasteiger partial charge is 0.266 e. The summed E-state index contributed by atoms with van der Waals surface area (Å²) in [6, 6.07) is 15.3. The maximum Gasteiger partial charge on any atom is 0.266 e. The van der Waals surface area contributed by atoms with Crippen LogP contribution in [0.4, 0.5) is 0 Å². The Morgan fingerprint density at radius 1 is 1.24 bits per heavy atom. The molecule has 0 spiro atoms. The molecular weight excluding hydrogens is 374 g/mol. The third-order valence-electron chi connectivity index (χ3n) is 3.69. The number of halogens is 1. The van der Waals surface area contributed by atoms with Crippen molar-refractivity contribution in [2.24, 2.45) is 0 Å². The van der Waals surface area contributed by atoms with Crippen LogP contribution in [-0.4, -0.2) is 21.7 Å². The van der Waals surface area contributed by atoms with Gasteiger partial charge in [-0.1, -0.05) is 65.9 Å². The Morgan fingerprint density at radius 3 is 2.68 bits per heavy atom. The number of carbonyl (C=O) groups excluding carboxylic acids is 1. The van der Waals surface area contributed by atoms with Crippen molar-refractivity contribution in [2.45, 2.75) is 13.5 Å². The maximum absolute atomic E-state index is 12.4. The molecule has 1 amide bonds. The van der Waals surface area contributed by atoms with Crippen LogP contribution in [0.15, 0.2) is 53.4 Å². The minimum atomic E-state index is -0.0773. The number of nitrogens with zero attached hydrogens (tertiary/aromatic N) is 1. The molecule has 0 bridgehead atoms. The van der Waals surface area contributed by atoms with E-state index in [1.807, 2.05) is 43.3 Å². The molecule has 2 aromatic rings. The quantitative estimate of drug-likeness (QED) is 0.523.